The molecule has 29 heavy (non-hydrogen) atoms. The number of carbonyl (C=O) groups is 2. The zero-order valence-corrected chi connectivity index (χ0v) is 16.9. The number of piperidine rings is 1. The number of amides is 2. The number of carbonyl (C=O) groups excluding carboxylic acids is 2. The van der Waals surface area contributed by atoms with E-state index < -0.39 is 0 Å². The molecule has 0 spiro atoms. The summed E-state index contributed by atoms with van der Waals surface area (Å²) in [6.07, 6.45) is 4.86. The van der Waals surface area contributed by atoms with Gasteiger partial charge in [0.05, 0.1) is 5.56 Å². The molecule has 2 amide bonds. The Kier molecular flexibility index (Phi) is 7.19. The highest BCUT2D eigenvalue weighted by Crippen LogP contribution is 2.23. The monoisotopic (exact) mass is 395 g/mol. The molecular formula is C22H29N5O2. The predicted molar refractivity (Wildman–Crippen MR) is 114 cm³/mol. The molecule has 7 heteroatoms. The van der Waals surface area contributed by atoms with E-state index in [1.807, 2.05) is 59.3 Å². The number of rotatable bonds is 7. The zero-order valence-electron chi connectivity index (χ0n) is 16.9. The molecule has 1 aromatic carbocycles. The molecule has 7 nitrogen and oxygen atoms in total. The van der Waals surface area contributed by atoms with E-state index in [1.165, 1.54) is 0 Å². The lowest BCUT2D eigenvalue weighted by Gasteiger charge is -2.36. The first-order valence-electron chi connectivity index (χ1n) is 10.1. The van der Waals surface area contributed by atoms with Crippen LogP contribution in [0.25, 0.3) is 0 Å². The van der Waals surface area contributed by atoms with Crippen LogP contribution in [0.2, 0.25) is 0 Å². The number of likely N-dealkylation sites (tertiary alicyclic amines) is 1. The van der Waals surface area contributed by atoms with Crippen molar-refractivity contribution in [2.24, 2.45) is 5.73 Å². The standard InChI is InChI=1S/C22H29N5O2/c1-26(18-7-3-2-4-8-18)20-11-10-17(15-24-20)22(29)27-14-6-5-9-19(27)16-25-21(28)12-13-23/h2-4,7-8,10-11,15,19H,5-6,9,12-14,16,23H2,1H3,(H,25,28). The molecule has 2 heterocycles. The fraction of sp³-hybridized carbons (Fsp3) is 0.409. The van der Waals surface area contributed by atoms with Gasteiger partial charge in [0.1, 0.15) is 5.82 Å². The summed E-state index contributed by atoms with van der Waals surface area (Å²) in [5, 5.41) is 2.90. The molecule has 1 aliphatic heterocycles. The van der Waals surface area contributed by atoms with Gasteiger partial charge in [0.2, 0.25) is 5.91 Å². The van der Waals surface area contributed by atoms with E-state index in [-0.39, 0.29) is 17.9 Å². The molecule has 1 fully saturated rings. The molecule has 3 rings (SSSR count). The lowest BCUT2D eigenvalue weighted by molar-refractivity contribution is -0.121. The van der Waals surface area contributed by atoms with E-state index in [1.54, 1.807) is 6.20 Å². The number of hydrogen-bond donors (Lipinski definition) is 2. The van der Waals surface area contributed by atoms with Gasteiger partial charge in [-0.05, 0) is 43.5 Å². The van der Waals surface area contributed by atoms with Crippen LogP contribution in [0.15, 0.2) is 48.7 Å². The second-order valence-corrected chi connectivity index (χ2v) is 7.29. The molecule has 1 saturated heterocycles. The highest BCUT2D eigenvalue weighted by atomic mass is 16.2. The van der Waals surface area contributed by atoms with Gasteiger partial charge in [0.15, 0.2) is 0 Å². The largest absolute Gasteiger partial charge is 0.354 e. The predicted octanol–water partition coefficient (Wildman–Crippen LogP) is 2.31. The number of pyridine rings is 1. The summed E-state index contributed by atoms with van der Waals surface area (Å²) in [7, 11) is 1.95. The fourth-order valence-electron chi connectivity index (χ4n) is 3.59. The van der Waals surface area contributed by atoms with Crippen molar-refractivity contribution in [3.8, 4) is 0 Å². The van der Waals surface area contributed by atoms with E-state index in [4.69, 9.17) is 5.73 Å². The number of aromatic nitrogens is 1. The Balaban J connectivity index is 1.67. The van der Waals surface area contributed by atoms with E-state index in [0.29, 0.717) is 31.6 Å². The lowest BCUT2D eigenvalue weighted by atomic mass is 10.0. The van der Waals surface area contributed by atoms with Gasteiger partial charge in [0.25, 0.3) is 5.91 Å². The molecule has 0 bridgehead atoms. The maximum atomic E-state index is 13.1. The molecule has 0 radical (unpaired) electrons. The van der Waals surface area contributed by atoms with E-state index >= 15 is 0 Å². The smallest absolute Gasteiger partial charge is 0.255 e. The van der Waals surface area contributed by atoms with Gasteiger partial charge in [-0.1, -0.05) is 18.2 Å². The Morgan fingerprint density at radius 2 is 2.00 bits per heavy atom. The topological polar surface area (TPSA) is 91.6 Å². The average molecular weight is 396 g/mol. The summed E-state index contributed by atoms with van der Waals surface area (Å²) in [6, 6.07) is 13.6. The molecule has 154 valence electrons. The fourth-order valence-corrected chi connectivity index (χ4v) is 3.59. The second-order valence-electron chi connectivity index (χ2n) is 7.29. The van der Waals surface area contributed by atoms with Crippen molar-refractivity contribution in [1.29, 1.82) is 0 Å². The number of nitrogens with two attached hydrogens (primary N) is 1. The second kappa shape index (κ2) is 10.0. The van der Waals surface area contributed by atoms with Crippen molar-refractivity contribution in [2.45, 2.75) is 31.7 Å². The number of para-hydroxylation sites is 1. The van der Waals surface area contributed by atoms with Gasteiger partial charge in [0, 0.05) is 51.0 Å². The normalized spacial score (nSPS) is 16.3. The zero-order chi connectivity index (χ0) is 20.6. The summed E-state index contributed by atoms with van der Waals surface area (Å²) < 4.78 is 0. The molecule has 1 aromatic heterocycles. The Morgan fingerprint density at radius 1 is 1.21 bits per heavy atom. The van der Waals surface area contributed by atoms with Crippen LogP contribution in [0.5, 0.6) is 0 Å². The quantitative estimate of drug-likeness (QED) is 0.751. The maximum absolute atomic E-state index is 13.1. The number of anilines is 2. The minimum Gasteiger partial charge on any atom is -0.354 e. The Hall–Kier alpha value is -2.93. The van der Waals surface area contributed by atoms with Gasteiger partial charge in [-0.25, -0.2) is 4.98 Å². The highest BCUT2D eigenvalue weighted by molar-refractivity contribution is 5.94. The summed E-state index contributed by atoms with van der Waals surface area (Å²) in [5.41, 5.74) is 7.02. The van der Waals surface area contributed by atoms with Gasteiger partial charge in [-0.15, -0.1) is 0 Å². The van der Waals surface area contributed by atoms with Gasteiger partial charge in [-0.2, -0.15) is 0 Å². The Labute approximate surface area is 171 Å². The number of hydrogen-bond acceptors (Lipinski definition) is 5. The van der Waals surface area contributed by atoms with Crippen molar-refractivity contribution < 1.29 is 9.59 Å². The van der Waals surface area contributed by atoms with Crippen LogP contribution in [0, 0.1) is 0 Å². The molecular weight excluding hydrogens is 366 g/mol. The van der Waals surface area contributed by atoms with Crippen LogP contribution in [-0.2, 0) is 4.79 Å². The van der Waals surface area contributed by atoms with Crippen LogP contribution in [0.1, 0.15) is 36.0 Å². The molecule has 3 N–H and O–H groups in total. The molecule has 0 aliphatic carbocycles. The van der Waals surface area contributed by atoms with E-state index in [9.17, 15) is 9.59 Å². The van der Waals surface area contributed by atoms with Gasteiger partial charge in [-0.3, -0.25) is 9.59 Å². The lowest BCUT2D eigenvalue weighted by Crippen LogP contribution is -2.49. The van der Waals surface area contributed by atoms with Crippen LogP contribution < -0.4 is 16.0 Å². The minimum absolute atomic E-state index is 0.00430. The third kappa shape index (κ3) is 5.32. The van der Waals surface area contributed by atoms with Crippen molar-refractivity contribution in [3.05, 3.63) is 54.2 Å². The van der Waals surface area contributed by atoms with Crippen LogP contribution in [0.4, 0.5) is 11.5 Å². The molecule has 0 saturated carbocycles. The number of nitrogens with one attached hydrogen (secondary N) is 1. The van der Waals surface area contributed by atoms with Gasteiger partial charge >= 0.3 is 0 Å². The van der Waals surface area contributed by atoms with Crippen molar-refractivity contribution in [2.75, 3.05) is 31.6 Å². The average Bonchev–Trinajstić information content (AvgIpc) is 2.78. The molecule has 1 unspecified atom stereocenters. The first-order valence-corrected chi connectivity index (χ1v) is 10.1. The minimum atomic E-state index is -0.0690. The maximum Gasteiger partial charge on any atom is 0.255 e. The molecule has 2 aromatic rings. The van der Waals surface area contributed by atoms with E-state index in [0.717, 1.165) is 30.8 Å². The third-order valence-electron chi connectivity index (χ3n) is 5.28. The first kappa shape index (κ1) is 20.8. The van der Waals surface area contributed by atoms with Crippen LogP contribution >= 0.6 is 0 Å². The first-order chi connectivity index (χ1) is 14.1. The summed E-state index contributed by atoms with van der Waals surface area (Å²) in [5.74, 6) is 0.668. The summed E-state index contributed by atoms with van der Waals surface area (Å²) in [4.78, 5) is 33.1. The van der Waals surface area contributed by atoms with Crippen molar-refractivity contribution in [3.63, 3.8) is 0 Å². The van der Waals surface area contributed by atoms with Crippen LogP contribution in [-0.4, -0.2) is 54.4 Å². The number of nitrogens with zero attached hydrogens (tertiary/aromatic N) is 3. The molecule has 1 aliphatic rings. The highest BCUT2D eigenvalue weighted by Gasteiger charge is 2.28. The summed E-state index contributed by atoms with van der Waals surface area (Å²) in [6.45, 7) is 1.49. The van der Waals surface area contributed by atoms with E-state index in [2.05, 4.69) is 10.3 Å². The van der Waals surface area contributed by atoms with Crippen LogP contribution in [0.3, 0.4) is 0 Å². The van der Waals surface area contributed by atoms with Gasteiger partial charge < -0.3 is 20.9 Å². The Bertz CT molecular complexity index is 810. The third-order valence-corrected chi connectivity index (χ3v) is 5.28. The SMILES string of the molecule is CN(c1ccccc1)c1ccc(C(=O)N2CCCCC2CNC(=O)CCN)cn1. The summed E-state index contributed by atoms with van der Waals surface area (Å²) >= 11 is 0. The number of benzene rings is 1. The molecule has 1 atom stereocenters. The van der Waals surface area contributed by atoms with Crippen molar-refractivity contribution in [1.82, 2.24) is 15.2 Å². The van der Waals surface area contributed by atoms with Crippen molar-refractivity contribution >= 4 is 23.3 Å². The Morgan fingerprint density at radius 3 is 2.69 bits per heavy atom.